The quantitative estimate of drug-likeness (QED) is 0.628. The van der Waals surface area contributed by atoms with E-state index in [4.69, 9.17) is 17.3 Å². The Hall–Kier alpha value is -2.06. The molecule has 1 aliphatic rings. The van der Waals surface area contributed by atoms with E-state index in [-0.39, 0.29) is 30.7 Å². The summed E-state index contributed by atoms with van der Waals surface area (Å²) in [6.07, 6.45) is 3.94. The maximum atomic E-state index is 12.7. The van der Waals surface area contributed by atoms with Gasteiger partial charge in [-0.2, -0.15) is 0 Å². The lowest BCUT2D eigenvalue weighted by Crippen LogP contribution is -2.53. The molecule has 1 saturated heterocycles. The normalized spacial score (nSPS) is 14.8. The number of nitrogens with zero attached hydrogens (tertiary/aromatic N) is 4. The topological polar surface area (TPSA) is 91.1 Å². The molecule has 156 valence electrons. The first-order valence-electron chi connectivity index (χ1n) is 8.93. The number of anilines is 1. The first kappa shape index (κ1) is 23.2. The van der Waals surface area contributed by atoms with Crippen molar-refractivity contribution in [3.63, 3.8) is 0 Å². The molecule has 0 saturated carbocycles. The van der Waals surface area contributed by atoms with Crippen LogP contribution in [0, 0.1) is 0 Å². The number of fused-ring (bicyclic) bond motifs is 1. The Bertz CT molecular complexity index is 941. The zero-order valence-corrected chi connectivity index (χ0v) is 18.0. The van der Waals surface area contributed by atoms with Crippen LogP contribution < -0.4 is 10.6 Å². The monoisotopic (exact) mass is 456 g/mol. The summed E-state index contributed by atoms with van der Waals surface area (Å²) < 4.78 is 0. The first-order chi connectivity index (χ1) is 13.1. The molecule has 29 heavy (non-hydrogen) atoms. The smallest absolute Gasteiger partial charge is 0.239 e. The molecular weight excluding hydrogens is 435 g/mol. The van der Waals surface area contributed by atoms with Crippen LogP contribution in [-0.4, -0.2) is 58.0 Å². The number of halogens is 3. The van der Waals surface area contributed by atoms with E-state index in [2.05, 4.69) is 19.9 Å². The minimum absolute atomic E-state index is 0. The van der Waals surface area contributed by atoms with Gasteiger partial charge in [0.1, 0.15) is 11.8 Å². The van der Waals surface area contributed by atoms with E-state index < -0.39 is 6.04 Å². The summed E-state index contributed by atoms with van der Waals surface area (Å²) in [5.74, 6) is 0.861. The number of aromatic nitrogens is 3. The maximum Gasteiger partial charge on any atom is 0.239 e. The van der Waals surface area contributed by atoms with Crippen LogP contribution in [0.25, 0.3) is 11.0 Å². The van der Waals surface area contributed by atoms with Crippen LogP contribution in [0.15, 0.2) is 42.9 Å². The number of rotatable bonds is 4. The average Bonchev–Trinajstić information content (AvgIpc) is 3.18. The van der Waals surface area contributed by atoms with Gasteiger partial charge in [0.2, 0.25) is 5.91 Å². The Morgan fingerprint density at radius 3 is 2.48 bits per heavy atom. The molecule has 2 aromatic heterocycles. The van der Waals surface area contributed by atoms with E-state index in [1.165, 1.54) is 0 Å². The van der Waals surface area contributed by atoms with Crippen LogP contribution in [0.5, 0.6) is 0 Å². The Kier molecular flexibility index (Phi) is 8.10. The zero-order chi connectivity index (χ0) is 18.8. The number of benzene rings is 1. The molecule has 3 N–H and O–H groups in total. The Balaban J connectivity index is 0.00000150. The molecule has 1 aliphatic heterocycles. The molecule has 1 aromatic carbocycles. The zero-order valence-electron chi connectivity index (χ0n) is 15.6. The van der Waals surface area contributed by atoms with Gasteiger partial charge in [-0.25, -0.2) is 9.97 Å². The fourth-order valence-electron chi connectivity index (χ4n) is 3.43. The molecule has 0 unspecified atom stereocenters. The van der Waals surface area contributed by atoms with Crippen LogP contribution in [0.1, 0.15) is 5.56 Å². The predicted molar refractivity (Wildman–Crippen MR) is 120 cm³/mol. The highest BCUT2D eigenvalue weighted by Crippen LogP contribution is 2.22. The van der Waals surface area contributed by atoms with E-state index in [0.717, 1.165) is 22.4 Å². The molecule has 1 fully saturated rings. The average molecular weight is 458 g/mol. The van der Waals surface area contributed by atoms with Gasteiger partial charge in [-0.05, 0) is 30.2 Å². The van der Waals surface area contributed by atoms with E-state index in [1.54, 1.807) is 6.33 Å². The first-order valence-corrected chi connectivity index (χ1v) is 9.31. The number of hydrogen-bond donors (Lipinski definition) is 2. The molecule has 10 heteroatoms. The number of hydrogen-bond acceptors (Lipinski definition) is 5. The van der Waals surface area contributed by atoms with Gasteiger partial charge in [0.05, 0.1) is 11.6 Å². The molecule has 1 atom stereocenters. The van der Waals surface area contributed by atoms with Gasteiger partial charge >= 0.3 is 0 Å². The van der Waals surface area contributed by atoms with E-state index in [0.29, 0.717) is 37.6 Å². The fourth-order valence-corrected chi connectivity index (χ4v) is 3.56. The van der Waals surface area contributed by atoms with Crippen LogP contribution in [0.4, 0.5) is 5.82 Å². The SMILES string of the molecule is Cl.Cl.N[C@H](Cc1ccc(Cl)cc1)C(=O)N1CCN(c2ncnc3cc[nH]c23)CC1. The molecule has 0 spiro atoms. The second-order valence-corrected chi connectivity index (χ2v) is 7.12. The van der Waals surface area contributed by atoms with Crippen molar-refractivity contribution in [1.29, 1.82) is 0 Å². The van der Waals surface area contributed by atoms with E-state index in [1.807, 2.05) is 41.4 Å². The maximum absolute atomic E-state index is 12.7. The number of nitrogens with two attached hydrogens (primary N) is 1. The Labute approximate surface area is 186 Å². The van der Waals surface area contributed by atoms with Crippen molar-refractivity contribution in [2.45, 2.75) is 12.5 Å². The van der Waals surface area contributed by atoms with Crippen LogP contribution in [-0.2, 0) is 11.2 Å². The lowest BCUT2D eigenvalue weighted by Gasteiger charge is -2.36. The molecule has 7 nitrogen and oxygen atoms in total. The number of nitrogens with one attached hydrogen (secondary N) is 1. The van der Waals surface area contributed by atoms with Gasteiger partial charge < -0.3 is 20.5 Å². The largest absolute Gasteiger partial charge is 0.357 e. The summed E-state index contributed by atoms with van der Waals surface area (Å²) in [6.45, 7) is 2.67. The van der Waals surface area contributed by atoms with Crippen molar-refractivity contribution < 1.29 is 4.79 Å². The fraction of sp³-hybridized carbons (Fsp3) is 0.316. The summed E-state index contributed by atoms with van der Waals surface area (Å²) in [5, 5.41) is 0.677. The lowest BCUT2D eigenvalue weighted by atomic mass is 10.1. The molecule has 0 aliphatic carbocycles. The van der Waals surface area contributed by atoms with Gasteiger partial charge in [0, 0.05) is 37.4 Å². The standard InChI is InChI=1S/C19H21ClN6O.2ClH/c20-14-3-1-13(2-4-14)11-15(21)19(27)26-9-7-25(8-10-26)18-17-16(5-6-22-17)23-12-24-18;;/h1-6,12,15,22H,7-11,21H2;2*1H/t15-;;/m1../s1. The number of carbonyl (C=O) groups excluding carboxylic acids is 1. The minimum atomic E-state index is -0.549. The Morgan fingerprint density at radius 1 is 1.10 bits per heavy atom. The molecular formula is C19H23Cl3N6O. The molecule has 3 heterocycles. The summed E-state index contributed by atoms with van der Waals surface area (Å²) in [4.78, 5) is 28.6. The van der Waals surface area contributed by atoms with Gasteiger partial charge in [0.25, 0.3) is 0 Å². The molecule has 0 radical (unpaired) electrons. The van der Waals surface area contributed by atoms with E-state index >= 15 is 0 Å². The Morgan fingerprint density at radius 2 is 1.79 bits per heavy atom. The number of piperazine rings is 1. The van der Waals surface area contributed by atoms with Crippen molar-refractivity contribution in [3.8, 4) is 0 Å². The third kappa shape index (κ3) is 5.11. The van der Waals surface area contributed by atoms with Gasteiger partial charge in [-0.3, -0.25) is 4.79 Å². The van der Waals surface area contributed by atoms with Crippen molar-refractivity contribution in [2.24, 2.45) is 5.73 Å². The highest BCUT2D eigenvalue weighted by atomic mass is 35.5. The summed E-state index contributed by atoms with van der Waals surface area (Å²) in [5.41, 5.74) is 8.99. The molecule has 0 bridgehead atoms. The predicted octanol–water partition coefficient (Wildman–Crippen LogP) is 2.67. The summed E-state index contributed by atoms with van der Waals surface area (Å²) in [6, 6.07) is 8.82. The number of carbonyl (C=O) groups is 1. The van der Waals surface area contributed by atoms with Crippen LogP contribution >= 0.6 is 36.4 Å². The highest BCUT2D eigenvalue weighted by Gasteiger charge is 2.26. The van der Waals surface area contributed by atoms with Crippen molar-refractivity contribution >= 4 is 59.2 Å². The van der Waals surface area contributed by atoms with Crippen LogP contribution in [0.2, 0.25) is 5.02 Å². The van der Waals surface area contributed by atoms with Crippen LogP contribution in [0.3, 0.4) is 0 Å². The lowest BCUT2D eigenvalue weighted by molar-refractivity contribution is -0.132. The number of aromatic amines is 1. The minimum Gasteiger partial charge on any atom is -0.357 e. The second-order valence-electron chi connectivity index (χ2n) is 6.68. The van der Waals surface area contributed by atoms with Crippen molar-refractivity contribution in [1.82, 2.24) is 19.9 Å². The summed E-state index contributed by atoms with van der Waals surface area (Å²) in [7, 11) is 0. The number of amides is 1. The van der Waals surface area contributed by atoms with E-state index in [9.17, 15) is 4.79 Å². The van der Waals surface area contributed by atoms with Gasteiger partial charge in [-0.1, -0.05) is 23.7 Å². The molecule has 3 aromatic rings. The van der Waals surface area contributed by atoms with Crippen molar-refractivity contribution in [3.05, 3.63) is 53.4 Å². The van der Waals surface area contributed by atoms with Gasteiger partial charge in [0.15, 0.2) is 5.82 Å². The van der Waals surface area contributed by atoms with Crippen molar-refractivity contribution in [2.75, 3.05) is 31.1 Å². The summed E-state index contributed by atoms with van der Waals surface area (Å²) >= 11 is 5.90. The number of H-pyrrole nitrogens is 1. The third-order valence-corrected chi connectivity index (χ3v) is 5.15. The third-order valence-electron chi connectivity index (χ3n) is 4.90. The highest BCUT2D eigenvalue weighted by molar-refractivity contribution is 6.30. The second kappa shape index (κ2) is 10.1. The molecule has 1 amide bonds. The van der Waals surface area contributed by atoms with Gasteiger partial charge in [-0.15, -0.1) is 24.8 Å². The molecule has 4 rings (SSSR count).